The van der Waals surface area contributed by atoms with Crippen molar-refractivity contribution < 1.29 is 23.8 Å². The fourth-order valence-electron chi connectivity index (χ4n) is 3.10. The van der Waals surface area contributed by atoms with Gasteiger partial charge in [-0.25, -0.2) is 9.37 Å². The Kier molecular flexibility index (Phi) is 7.31. The number of amidine groups is 1. The highest BCUT2D eigenvalue weighted by atomic mass is 19.1. The first kappa shape index (κ1) is 24.7. The lowest BCUT2D eigenvalue weighted by atomic mass is 10.0. The van der Waals surface area contributed by atoms with Crippen LogP contribution in [0.3, 0.4) is 0 Å². The van der Waals surface area contributed by atoms with Gasteiger partial charge in [0.2, 0.25) is 0 Å². The molecular formula is C25H22FN5O4. The Morgan fingerprint density at radius 2 is 1.83 bits per heavy atom. The average molecular weight is 475 g/mol. The van der Waals surface area contributed by atoms with Crippen LogP contribution in [0.5, 0.6) is 11.5 Å². The molecule has 0 saturated heterocycles. The van der Waals surface area contributed by atoms with E-state index >= 15 is 0 Å². The molecule has 0 atom stereocenters. The van der Waals surface area contributed by atoms with E-state index in [0.29, 0.717) is 11.1 Å². The van der Waals surface area contributed by atoms with Crippen LogP contribution in [0.15, 0.2) is 48.7 Å². The molecule has 3 rings (SSSR count). The minimum absolute atomic E-state index is 0.0303. The molecule has 0 unspecified atom stereocenters. The summed E-state index contributed by atoms with van der Waals surface area (Å²) < 4.78 is 20.1. The number of hydrogen-bond acceptors (Lipinski definition) is 6. The Balaban J connectivity index is 1.98. The number of hydrogen-bond donors (Lipinski definition) is 4. The highest BCUT2D eigenvalue weighted by Crippen LogP contribution is 2.32. The van der Waals surface area contributed by atoms with E-state index in [2.05, 4.69) is 21.5 Å². The van der Waals surface area contributed by atoms with Gasteiger partial charge in [-0.15, -0.1) is 6.42 Å². The van der Waals surface area contributed by atoms with Crippen LogP contribution in [-0.4, -0.2) is 53.8 Å². The van der Waals surface area contributed by atoms with Crippen LogP contribution >= 0.6 is 0 Å². The Labute approximate surface area is 201 Å². The molecule has 0 aliphatic carbocycles. The Morgan fingerprint density at radius 3 is 2.40 bits per heavy atom. The van der Waals surface area contributed by atoms with Crippen molar-refractivity contribution in [3.05, 3.63) is 76.7 Å². The third-order valence-electron chi connectivity index (χ3n) is 4.90. The number of pyridine rings is 1. The van der Waals surface area contributed by atoms with Crippen molar-refractivity contribution in [1.29, 1.82) is 5.41 Å². The number of rotatable bonds is 6. The van der Waals surface area contributed by atoms with Crippen molar-refractivity contribution in [2.45, 2.75) is 0 Å². The van der Waals surface area contributed by atoms with E-state index in [1.165, 1.54) is 48.4 Å². The van der Waals surface area contributed by atoms with E-state index in [1.807, 2.05) is 0 Å². The molecule has 0 saturated carbocycles. The lowest BCUT2D eigenvalue weighted by Gasteiger charge is -2.17. The number of ether oxygens (including phenoxy) is 1. The molecule has 178 valence electrons. The molecule has 2 aromatic carbocycles. The fraction of sp³-hybridized carbons (Fsp3) is 0.120. The number of carbonyl (C=O) groups is 2. The zero-order valence-electron chi connectivity index (χ0n) is 19.1. The number of carbonyl (C=O) groups excluding carboxylic acids is 2. The Morgan fingerprint density at radius 1 is 1.11 bits per heavy atom. The predicted octanol–water partition coefficient (Wildman–Crippen LogP) is 3.31. The highest BCUT2D eigenvalue weighted by molar-refractivity contribution is 6.14. The smallest absolute Gasteiger partial charge is 0.259 e. The van der Waals surface area contributed by atoms with Crippen LogP contribution in [-0.2, 0) is 0 Å². The van der Waals surface area contributed by atoms with Crippen molar-refractivity contribution in [1.82, 2.24) is 9.88 Å². The van der Waals surface area contributed by atoms with Gasteiger partial charge in [-0.2, -0.15) is 0 Å². The summed E-state index contributed by atoms with van der Waals surface area (Å²) in [5, 5.41) is 22.4. The van der Waals surface area contributed by atoms with Crippen LogP contribution in [0, 0.1) is 23.6 Å². The van der Waals surface area contributed by atoms with E-state index in [4.69, 9.17) is 16.6 Å². The molecule has 4 N–H and O–H groups in total. The number of aromatic hydroxyl groups is 1. The molecule has 0 spiro atoms. The molecule has 1 aromatic heterocycles. The molecule has 0 radical (unpaired) electrons. The van der Waals surface area contributed by atoms with Gasteiger partial charge in [0, 0.05) is 25.2 Å². The molecule has 2 amide bonds. The number of amides is 2. The van der Waals surface area contributed by atoms with Gasteiger partial charge < -0.3 is 25.4 Å². The number of halogens is 1. The van der Waals surface area contributed by atoms with Gasteiger partial charge in [0.1, 0.15) is 29.0 Å². The molecule has 0 aliphatic heterocycles. The third-order valence-corrected chi connectivity index (χ3v) is 4.90. The molecule has 10 heteroatoms. The van der Waals surface area contributed by atoms with E-state index in [0.717, 1.165) is 12.3 Å². The SMILES string of the molecule is C#Cc1cc(OC)c(NC(=O)c2ccc(C(=N)N(C)C)cc2F)c(C(=O)Nc2ccc(O)cn2)c1. The normalized spacial score (nSPS) is 10.1. The summed E-state index contributed by atoms with van der Waals surface area (Å²) in [5.74, 6) is 0.269. The van der Waals surface area contributed by atoms with Gasteiger partial charge in [-0.1, -0.05) is 12.0 Å². The zero-order valence-corrected chi connectivity index (χ0v) is 19.1. The fourth-order valence-corrected chi connectivity index (χ4v) is 3.10. The number of anilines is 2. The standard InChI is InChI=1S/C25H22FN5O4/c1-5-14-10-18(25(34)29-21-9-7-16(32)13-28-21)22(20(11-14)35-4)30-24(33)17-8-6-15(12-19(17)26)23(27)31(2)3/h1,6-13,27,32H,2-4H3,(H,30,33)(H,28,29,34). The maximum Gasteiger partial charge on any atom is 0.259 e. The minimum Gasteiger partial charge on any atom is -0.506 e. The average Bonchev–Trinajstić information content (AvgIpc) is 2.84. The molecule has 9 nitrogen and oxygen atoms in total. The topological polar surface area (TPSA) is 128 Å². The predicted molar refractivity (Wildman–Crippen MR) is 130 cm³/mol. The second kappa shape index (κ2) is 10.4. The van der Waals surface area contributed by atoms with E-state index < -0.39 is 17.6 Å². The van der Waals surface area contributed by atoms with Crippen LogP contribution in [0.2, 0.25) is 0 Å². The van der Waals surface area contributed by atoms with Gasteiger partial charge in [0.25, 0.3) is 11.8 Å². The molecule has 1 heterocycles. The monoisotopic (exact) mass is 475 g/mol. The van der Waals surface area contributed by atoms with Gasteiger partial charge in [-0.05, 0) is 36.4 Å². The first-order valence-corrected chi connectivity index (χ1v) is 10.2. The maximum absolute atomic E-state index is 14.8. The molecule has 0 aliphatic rings. The number of aromatic nitrogens is 1. The number of benzene rings is 2. The van der Waals surface area contributed by atoms with Gasteiger partial charge in [0.05, 0.1) is 30.1 Å². The van der Waals surface area contributed by atoms with E-state index in [9.17, 15) is 19.1 Å². The quantitative estimate of drug-likeness (QED) is 0.246. The minimum atomic E-state index is -0.842. The summed E-state index contributed by atoms with van der Waals surface area (Å²) in [7, 11) is 4.62. The first-order valence-electron chi connectivity index (χ1n) is 10.2. The molecule has 35 heavy (non-hydrogen) atoms. The third kappa shape index (κ3) is 5.54. The second-order valence-electron chi connectivity index (χ2n) is 7.49. The summed E-state index contributed by atoms with van der Waals surface area (Å²) in [6.07, 6.45) is 6.65. The van der Waals surface area contributed by atoms with Gasteiger partial charge >= 0.3 is 0 Å². The van der Waals surface area contributed by atoms with E-state index in [1.54, 1.807) is 14.1 Å². The Hall–Kier alpha value is -4.91. The lowest BCUT2D eigenvalue weighted by Crippen LogP contribution is -2.23. The molecule has 3 aromatic rings. The highest BCUT2D eigenvalue weighted by Gasteiger charge is 2.22. The molecular weight excluding hydrogens is 453 g/mol. The zero-order chi connectivity index (χ0) is 25.7. The second-order valence-corrected chi connectivity index (χ2v) is 7.49. The van der Waals surface area contributed by atoms with Gasteiger partial charge in [0.15, 0.2) is 0 Å². The Bertz CT molecular complexity index is 1350. The number of terminal acetylenes is 1. The molecule has 0 bridgehead atoms. The summed E-state index contributed by atoms with van der Waals surface area (Å²) in [6.45, 7) is 0. The maximum atomic E-state index is 14.8. The summed E-state index contributed by atoms with van der Waals surface area (Å²) >= 11 is 0. The lowest BCUT2D eigenvalue weighted by molar-refractivity contribution is 0.102. The summed E-state index contributed by atoms with van der Waals surface area (Å²) in [5.41, 5.74) is 0.224. The van der Waals surface area contributed by atoms with Crippen LogP contribution < -0.4 is 15.4 Å². The van der Waals surface area contributed by atoms with Crippen LogP contribution in [0.1, 0.15) is 31.8 Å². The van der Waals surface area contributed by atoms with Crippen molar-refractivity contribution >= 4 is 29.2 Å². The van der Waals surface area contributed by atoms with Crippen molar-refractivity contribution in [2.24, 2.45) is 0 Å². The van der Waals surface area contributed by atoms with Crippen molar-refractivity contribution in [3.8, 4) is 23.8 Å². The number of methoxy groups -OCH3 is 1. The summed E-state index contributed by atoms with van der Waals surface area (Å²) in [4.78, 5) is 31.4. The van der Waals surface area contributed by atoms with Crippen LogP contribution in [0.25, 0.3) is 0 Å². The van der Waals surface area contributed by atoms with Crippen molar-refractivity contribution in [3.63, 3.8) is 0 Å². The number of nitrogens with one attached hydrogen (secondary N) is 3. The first-order chi connectivity index (χ1) is 16.6. The van der Waals surface area contributed by atoms with Crippen molar-refractivity contribution in [2.75, 3.05) is 31.8 Å². The van der Waals surface area contributed by atoms with E-state index in [-0.39, 0.29) is 40.0 Å². The number of nitrogens with zero attached hydrogens (tertiary/aromatic N) is 2. The largest absolute Gasteiger partial charge is 0.506 e. The van der Waals surface area contributed by atoms with Gasteiger partial charge in [-0.3, -0.25) is 15.0 Å². The van der Waals surface area contributed by atoms with Crippen LogP contribution in [0.4, 0.5) is 15.9 Å². The molecule has 0 fully saturated rings. The summed E-state index contributed by atoms with van der Waals surface area (Å²) in [6, 6.07) is 9.32.